The fourth-order valence-electron chi connectivity index (χ4n) is 5.17. The van der Waals surface area contributed by atoms with Gasteiger partial charge in [-0.2, -0.15) is 0 Å². The first kappa shape index (κ1) is 19.6. The molecule has 3 aliphatic heterocycles. The van der Waals surface area contributed by atoms with Crippen LogP contribution < -0.4 is 10.2 Å². The third-order valence-electron chi connectivity index (χ3n) is 6.54. The summed E-state index contributed by atoms with van der Waals surface area (Å²) in [6.45, 7) is 13.4. The standard InChI is InChI=1S/C22H32N4OS/c1-13(2)26(14(3)4)19-12-28-20-11-23-18(10-17(19)20)22(27)24-21-15(5)25-8-6-16(21)7-9-25/h10-16,21H,6-9H2,1-5H3,(H,24,27)/t15-,21-/m0/s1. The van der Waals surface area contributed by atoms with Crippen LogP contribution in [0.25, 0.3) is 10.1 Å². The molecule has 5 heterocycles. The van der Waals surface area contributed by atoms with E-state index in [1.165, 1.54) is 31.6 Å². The van der Waals surface area contributed by atoms with Gasteiger partial charge in [-0.15, -0.1) is 11.3 Å². The van der Waals surface area contributed by atoms with Crippen LogP contribution in [-0.4, -0.2) is 53.0 Å². The number of fused-ring (bicyclic) bond motifs is 4. The monoisotopic (exact) mass is 400 g/mol. The Bertz CT molecular complexity index is 843. The highest BCUT2D eigenvalue weighted by atomic mass is 32.1. The summed E-state index contributed by atoms with van der Waals surface area (Å²) >= 11 is 1.70. The summed E-state index contributed by atoms with van der Waals surface area (Å²) < 4.78 is 1.13. The number of pyridine rings is 1. The van der Waals surface area contributed by atoms with Gasteiger partial charge in [-0.05, 0) is 72.5 Å². The fraction of sp³-hybridized carbons (Fsp3) is 0.636. The number of aromatic nitrogens is 1. The Kier molecular flexibility index (Phi) is 5.36. The number of piperidine rings is 3. The maximum absolute atomic E-state index is 13.0. The number of rotatable bonds is 5. The average molecular weight is 401 g/mol. The van der Waals surface area contributed by atoms with E-state index in [4.69, 9.17) is 0 Å². The van der Waals surface area contributed by atoms with E-state index in [9.17, 15) is 4.79 Å². The van der Waals surface area contributed by atoms with Gasteiger partial charge < -0.3 is 10.2 Å². The van der Waals surface area contributed by atoms with Crippen molar-refractivity contribution in [3.05, 3.63) is 23.3 Å². The van der Waals surface area contributed by atoms with Gasteiger partial charge >= 0.3 is 0 Å². The maximum atomic E-state index is 13.0. The molecule has 0 aromatic carbocycles. The summed E-state index contributed by atoms with van der Waals surface area (Å²) in [6.07, 6.45) is 4.24. The molecule has 0 radical (unpaired) electrons. The summed E-state index contributed by atoms with van der Waals surface area (Å²) in [5, 5.41) is 6.65. The quantitative estimate of drug-likeness (QED) is 0.820. The molecule has 2 bridgehead atoms. The molecule has 0 aliphatic carbocycles. The van der Waals surface area contributed by atoms with Crippen molar-refractivity contribution in [3.63, 3.8) is 0 Å². The summed E-state index contributed by atoms with van der Waals surface area (Å²) in [6, 6.07) is 3.43. The zero-order chi connectivity index (χ0) is 20.0. The molecule has 0 saturated carbocycles. The number of carbonyl (C=O) groups excluding carboxylic acids is 1. The van der Waals surface area contributed by atoms with E-state index in [1.54, 1.807) is 11.3 Å². The van der Waals surface area contributed by atoms with Crippen molar-refractivity contribution in [1.82, 2.24) is 15.2 Å². The van der Waals surface area contributed by atoms with Crippen LogP contribution in [0.2, 0.25) is 0 Å². The lowest BCUT2D eigenvalue weighted by molar-refractivity contribution is 0.0216. The van der Waals surface area contributed by atoms with Crippen LogP contribution in [0, 0.1) is 5.92 Å². The highest BCUT2D eigenvalue weighted by Gasteiger charge is 2.40. The number of thiophene rings is 1. The SMILES string of the molecule is CC(C)N(c1csc2cnc(C(=O)N[C@@H]3C4CCN(CC4)[C@H]3C)cc12)C(C)C. The molecule has 1 amide bonds. The Morgan fingerprint density at radius 2 is 1.93 bits per heavy atom. The molecule has 152 valence electrons. The molecule has 3 fully saturated rings. The van der Waals surface area contributed by atoms with Crippen molar-refractivity contribution in [1.29, 1.82) is 0 Å². The van der Waals surface area contributed by atoms with Gasteiger partial charge in [0.1, 0.15) is 5.69 Å². The minimum atomic E-state index is -0.0368. The highest BCUT2D eigenvalue weighted by molar-refractivity contribution is 7.17. The third kappa shape index (κ3) is 3.41. The molecule has 2 aromatic rings. The number of nitrogens with zero attached hydrogens (tertiary/aromatic N) is 3. The predicted octanol–water partition coefficient (Wildman–Crippen LogP) is 4.13. The van der Waals surface area contributed by atoms with Crippen LogP contribution in [0.15, 0.2) is 17.6 Å². The van der Waals surface area contributed by atoms with Crippen molar-refractivity contribution in [3.8, 4) is 0 Å². The molecule has 2 aromatic heterocycles. The number of amides is 1. The smallest absolute Gasteiger partial charge is 0.270 e. The molecule has 0 unspecified atom stereocenters. The maximum Gasteiger partial charge on any atom is 0.270 e. The van der Waals surface area contributed by atoms with Crippen molar-refractivity contribution in [2.24, 2.45) is 5.92 Å². The average Bonchev–Trinajstić information content (AvgIpc) is 3.07. The van der Waals surface area contributed by atoms with Gasteiger partial charge in [0.2, 0.25) is 0 Å². The number of hydrogen-bond donors (Lipinski definition) is 1. The van der Waals surface area contributed by atoms with Gasteiger partial charge in [0.15, 0.2) is 0 Å². The van der Waals surface area contributed by atoms with Gasteiger partial charge in [-0.3, -0.25) is 9.69 Å². The van der Waals surface area contributed by atoms with Gasteiger partial charge in [-0.25, -0.2) is 4.98 Å². The predicted molar refractivity (Wildman–Crippen MR) is 117 cm³/mol. The highest BCUT2D eigenvalue weighted by Crippen LogP contribution is 2.36. The number of nitrogens with one attached hydrogen (secondary N) is 1. The number of carbonyl (C=O) groups is 1. The van der Waals surface area contributed by atoms with Crippen LogP contribution in [0.3, 0.4) is 0 Å². The van der Waals surface area contributed by atoms with E-state index >= 15 is 0 Å². The lowest BCUT2D eigenvalue weighted by Gasteiger charge is -2.49. The third-order valence-corrected chi connectivity index (χ3v) is 7.46. The van der Waals surface area contributed by atoms with E-state index in [-0.39, 0.29) is 11.9 Å². The molecule has 2 atom stereocenters. The molecule has 0 spiro atoms. The van der Waals surface area contributed by atoms with Crippen LogP contribution in [0.5, 0.6) is 0 Å². The molecular formula is C22H32N4OS. The first-order valence-corrected chi connectivity index (χ1v) is 11.4. The van der Waals surface area contributed by atoms with Gasteiger partial charge in [-0.1, -0.05) is 0 Å². The van der Waals surface area contributed by atoms with Crippen LogP contribution in [-0.2, 0) is 0 Å². The van der Waals surface area contributed by atoms with E-state index in [1.807, 2.05) is 12.3 Å². The van der Waals surface area contributed by atoms with Crippen LogP contribution in [0.1, 0.15) is 57.9 Å². The van der Waals surface area contributed by atoms with E-state index in [2.05, 4.69) is 60.1 Å². The molecule has 3 aliphatic rings. The second-order valence-corrected chi connectivity index (χ2v) is 9.81. The summed E-state index contributed by atoms with van der Waals surface area (Å²) in [5.41, 5.74) is 1.74. The molecule has 5 nitrogen and oxygen atoms in total. The van der Waals surface area contributed by atoms with Crippen molar-refractivity contribution >= 4 is 33.0 Å². The largest absolute Gasteiger partial charge is 0.366 e. The van der Waals surface area contributed by atoms with E-state index in [0.29, 0.717) is 29.7 Å². The lowest BCUT2D eigenvalue weighted by Crippen LogP contribution is -2.62. The zero-order valence-electron chi connectivity index (χ0n) is 17.6. The minimum absolute atomic E-state index is 0.0368. The molecule has 3 saturated heterocycles. The Balaban J connectivity index is 1.60. The lowest BCUT2D eigenvalue weighted by atomic mass is 9.79. The fourth-order valence-corrected chi connectivity index (χ4v) is 6.06. The molecule has 1 N–H and O–H groups in total. The Hall–Kier alpha value is -1.66. The Labute approximate surface area is 172 Å². The molecule has 5 rings (SSSR count). The topological polar surface area (TPSA) is 48.5 Å². The van der Waals surface area contributed by atoms with Crippen molar-refractivity contribution < 1.29 is 4.79 Å². The normalized spacial score (nSPS) is 27.0. The second-order valence-electron chi connectivity index (χ2n) is 8.89. The van der Waals surface area contributed by atoms with Gasteiger partial charge in [0.05, 0.1) is 10.4 Å². The summed E-state index contributed by atoms with van der Waals surface area (Å²) in [4.78, 5) is 22.4. The summed E-state index contributed by atoms with van der Waals surface area (Å²) in [5.74, 6) is 0.562. The Morgan fingerprint density at radius 1 is 1.25 bits per heavy atom. The first-order valence-electron chi connectivity index (χ1n) is 10.6. The van der Waals surface area contributed by atoms with E-state index < -0.39 is 0 Å². The molecular weight excluding hydrogens is 368 g/mol. The number of anilines is 1. The second kappa shape index (κ2) is 7.64. The minimum Gasteiger partial charge on any atom is -0.366 e. The van der Waals surface area contributed by atoms with Crippen LogP contribution in [0.4, 0.5) is 5.69 Å². The van der Waals surface area contributed by atoms with Gasteiger partial charge in [0, 0.05) is 41.1 Å². The Morgan fingerprint density at radius 3 is 2.54 bits per heavy atom. The molecule has 6 heteroatoms. The van der Waals surface area contributed by atoms with Crippen molar-refractivity contribution in [2.75, 3.05) is 18.0 Å². The zero-order valence-corrected chi connectivity index (χ0v) is 18.4. The van der Waals surface area contributed by atoms with Crippen molar-refractivity contribution in [2.45, 2.75) is 71.6 Å². The van der Waals surface area contributed by atoms with Gasteiger partial charge in [0.25, 0.3) is 5.91 Å². The molecule has 28 heavy (non-hydrogen) atoms. The summed E-state index contributed by atoms with van der Waals surface area (Å²) in [7, 11) is 0. The number of hydrogen-bond acceptors (Lipinski definition) is 5. The van der Waals surface area contributed by atoms with E-state index in [0.717, 1.165) is 10.1 Å². The first-order chi connectivity index (χ1) is 13.4. The van der Waals surface area contributed by atoms with Crippen LogP contribution >= 0.6 is 11.3 Å².